The van der Waals surface area contributed by atoms with Gasteiger partial charge in [0, 0.05) is 51.7 Å². The van der Waals surface area contributed by atoms with Crippen LogP contribution in [0.15, 0.2) is 0 Å². The third kappa shape index (κ3) is 6.28. The molecule has 0 aromatic heterocycles. The van der Waals surface area contributed by atoms with Gasteiger partial charge in [-0.15, -0.1) is 0 Å². The van der Waals surface area contributed by atoms with E-state index in [1.165, 1.54) is 0 Å². The highest BCUT2D eigenvalue weighted by molar-refractivity contribution is 5.68. The molecule has 1 amide bonds. The largest absolute Gasteiger partial charge is 0.444 e. The second kappa shape index (κ2) is 7.81. The molecule has 2 fully saturated rings. The van der Waals surface area contributed by atoms with E-state index in [0.29, 0.717) is 45.2 Å². The number of carbonyl (C=O) groups excluding carboxylic acids is 1. The lowest BCUT2D eigenvalue weighted by atomic mass is 9.93. The average molecular weight is 328 g/mol. The zero-order valence-electron chi connectivity index (χ0n) is 14.8. The van der Waals surface area contributed by atoms with Gasteiger partial charge in [0.25, 0.3) is 0 Å². The van der Waals surface area contributed by atoms with E-state index in [2.05, 4.69) is 5.32 Å². The number of hydrogen-bond acceptors (Lipinski definition) is 5. The molecule has 2 saturated heterocycles. The Morgan fingerprint density at radius 3 is 2.65 bits per heavy atom. The fourth-order valence-electron chi connectivity index (χ4n) is 3.07. The van der Waals surface area contributed by atoms with E-state index in [9.17, 15) is 9.90 Å². The van der Waals surface area contributed by atoms with Crippen LogP contribution < -0.4 is 5.32 Å². The van der Waals surface area contributed by atoms with Crippen molar-refractivity contribution < 1.29 is 19.4 Å². The predicted molar refractivity (Wildman–Crippen MR) is 88.5 cm³/mol. The summed E-state index contributed by atoms with van der Waals surface area (Å²) in [6.45, 7) is 8.99. The predicted octanol–water partition coefficient (Wildman–Crippen LogP) is 1.91. The Balaban J connectivity index is 1.76. The highest BCUT2D eigenvalue weighted by Crippen LogP contribution is 2.21. The number of nitrogens with zero attached hydrogens (tertiary/aromatic N) is 1. The SMILES string of the molecule is CC(C)(C)OC(=O)N1CCCC(NCC2(O)CCOCC2)CC1. The van der Waals surface area contributed by atoms with E-state index in [4.69, 9.17) is 9.47 Å². The Hall–Kier alpha value is -0.850. The molecule has 1 unspecified atom stereocenters. The topological polar surface area (TPSA) is 71.0 Å². The van der Waals surface area contributed by atoms with E-state index in [-0.39, 0.29) is 6.09 Å². The second-order valence-electron chi connectivity index (χ2n) is 7.81. The molecule has 2 rings (SSSR count). The van der Waals surface area contributed by atoms with Crippen molar-refractivity contribution in [3.63, 3.8) is 0 Å². The van der Waals surface area contributed by atoms with Gasteiger partial charge in [0.2, 0.25) is 0 Å². The van der Waals surface area contributed by atoms with Gasteiger partial charge < -0.3 is 24.8 Å². The van der Waals surface area contributed by atoms with Crippen molar-refractivity contribution in [3.8, 4) is 0 Å². The van der Waals surface area contributed by atoms with Crippen molar-refractivity contribution >= 4 is 6.09 Å². The second-order valence-corrected chi connectivity index (χ2v) is 7.81. The van der Waals surface area contributed by atoms with Crippen LogP contribution in [-0.2, 0) is 9.47 Å². The van der Waals surface area contributed by atoms with Gasteiger partial charge in [0.15, 0.2) is 0 Å². The number of carbonyl (C=O) groups is 1. The molecular formula is C17H32N2O4. The molecule has 6 nitrogen and oxygen atoms in total. The molecule has 0 bridgehead atoms. The summed E-state index contributed by atoms with van der Waals surface area (Å²) >= 11 is 0. The first kappa shape index (κ1) is 18.5. The van der Waals surface area contributed by atoms with E-state index in [0.717, 1.165) is 25.8 Å². The standard InChI is InChI=1S/C17H32N2O4/c1-16(2,3)23-15(20)19-9-4-5-14(6-10-19)18-13-17(21)7-11-22-12-8-17/h14,18,21H,4-13H2,1-3H3. The minimum Gasteiger partial charge on any atom is -0.444 e. The summed E-state index contributed by atoms with van der Waals surface area (Å²) in [4.78, 5) is 14.0. The van der Waals surface area contributed by atoms with Crippen LogP contribution >= 0.6 is 0 Å². The first-order chi connectivity index (χ1) is 10.8. The lowest BCUT2D eigenvalue weighted by Gasteiger charge is -2.33. The van der Waals surface area contributed by atoms with Crippen LogP contribution in [0, 0.1) is 0 Å². The minimum atomic E-state index is -0.643. The number of ether oxygens (including phenoxy) is 2. The summed E-state index contributed by atoms with van der Waals surface area (Å²) in [5.74, 6) is 0. The Labute approximate surface area is 139 Å². The van der Waals surface area contributed by atoms with Gasteiger partial charge >= 0.3 is 6.09 Å². The molecule has 0 aliphatic carbocycles. The van der Waals surface area contributed by atoms with Crippen LogP contribution in [-0.4, -0.2) is 66.2 Å². The molecule has 134 valence electrons. The molecule has 23 heavy (non-hydrogen) atoms. The van der Waals surface area contributed by atoms with Gasteiger partial charge in [-0.05, 0) is 40.0 Å². The van der Waals surface area contributed by atoms with Crippen LogP contribution in [0.1, 0.15) is 52.9 Å². The summed E-state index contributed by atoms with van der Waals surface area (Å²) < 4.78 is 10.8. The van der Waals surface area contributed by atoms with E-state index in [1.54, 1.807) is 4.90 Å². The number of hydrogen-bond donors (Lipinski definition) is 2. The summed E-state index contributed by atoms with van der Waals surface area (Å²) in [5, 5.41) is 14.0. The zero-order chi connectivity index (χ0) is 16.9. The van der Waals surface area contributed by atoms with Gasteiger partial charge in [-0.3, -0.25) is 0 Å². The summed E-state index contributed by atoms with van der Waals surface area (Å²) in [5.41, 5.74) is -1.09. The van der Waals surface area contributed by atoms with Crippen LogP contribution in [0.5, 0.6) is 0 Å². The lowest BCUT2D eigenvalue weighted by molar-refractivity contribution is -0.0629. The molecule has 0 saturated carbocycles. The van der Waals surface area contributed by atoms with Gasteiger partial charge in [0.05, 0.1) is 5.60 Å². The maximum absolute atomic E-state index is 12.2. The quantitative estimate of drug-likeness (QED) is 0.828. The number of likely N-dealkylation sites (tertiary alicyclic amines) is 1. The molecule has 2 N–H and O–H groups in total. The number of aliphatic hydroxyl groups is 1. The summed E-state index contributed by atoms with van der Waals surface area (Å²) in [7, 11) is 0. The van der Waals surface area contributed by atoms with Crippen molar-refractivity contribution in [2.24, 2.45) is 0 Å². The molecule has 0 radical (unpaired) electrons. The number of nitrogens with one attached hydrogen (secondary N) is 1. The fraction of sp³-hybridized carbons (Fsp3) is 0.941. The molecule has 2 aliphatic rings. The van der Waals surface area contributed by atoms with Gasteiger partial charge in [0.1, 0.15) is 5.60 Å². The summed E-state index contributed by atoms with van der Waals surface area (Å²) in [6.07, 6.45) is 4.03. The molecule has 2 heterocycles. The fourth-order valence-corrected chi connectivity index (χ4v) is 3.07. The van der Waals surface area contributed by atoms with Crippen molar-refractivity contribution in [3.05, 3.63) is 0 Å². The third-order valence-corrected chi connectivity index (χ3v) is 4.52. The molecular weight excluding hydrogens is 296 g/mol. The van der Waals surface area contributed by atoms with Gasteiger partial charge in [-0.25, -0.2) is 4.79 Å². The zero-order valence-corrected chi connectivity index (χ0v) is 14.8. The van der Waals surface area contributed by atoms with E-state index >= 15 is 0 Å². The maximum Gasteiger partial charge on any atom is 0.410 e. The Morgan fingerprint density at radius 2 is 2.00 bits per heavy atom. The average Bonchev–Trinajstić information content (AvgIpc) is 2.70. The molecule has 0 aromatic carbocycles. The van der Waals surface area contributed by atoms with Crippen LogP contribution in [0.25, 0.3) is 0 Å². The number of amides is 1. The van der Waals surface area contributed by atoms with Crippen molar-refractivity contribution in [2.75, 3.05) is 32.8 Å². The Morgan fingerprint density at radius 1 is 1.30 bits per heavy atom. The molecule has 6 heteroatoms. The normalized spacial score (nSPS) is 25.7. The van der Waals surface area contributed by atoms with Crippen LogP contribution in [0.3, 0.4) is 0 Å². The molecule has 0 spiro atoms. The first-order valence-electron chi connectivity index (χ1n) is 8.79. The van der Waals surface area contributed by atoms with Crippen LogP contribution in [0.4, 0.5) is 4.79 Å². The number of rotatable bonds is 3. The van der Waals surface area contributed by atoms with Crippen molar-refractivity contribution in [2.45, 2.75) is 70.1 Å². The van der Waals surface area contributed by atoms with E-state index < -0.39 is 11.2 Å². The van der Waals surface area contributed by atoms with Crippen LogP contribution in [0.2, 0.25) is 0 Å². The monoisotopic (exact) mass is 328 g/mol. The van der Waals surface area contributed by atoms with E-state index in [1.807, 2.05) is 20.8 Å². The summed E-state index contributed by atoms with van der Waals surface area (Å²) in [6, 6.07) is 0.342. The molecule has 2 aliphatic heterocycles. The highest BCUT2D eigenvalue weighted by atomic mass is 16.6. The first-order valence-corrected chi connectivity index (χ1v) is 8.79. The molecule has 0 aromatic rings. The smallest absolute Gasteiger partial charge is 0.410 e. The minimum absolute atomic E-state index is 0.221. The lowest BCUT2D eigenvalue weighted by Crippen LogP contribution is -2.48. The van der Waals surface area contributed by atoms with Crippen molar-refractivity contribution in [1.29, 1.82) is 0 Å². The highest BCUT2D eigenvalue weighted by Gasteiger charge is 2.31. The van der Waals surface area contributed by atoms with Crippen molar-refractivity contribution in [1.82, 2.24) is 10.2 Å². The Bertz CT molecular complexity index is 389. The molecule has 1 atom stereocenters. The maximum atomic E-state index is 12.2. The Kier molecular flexibility index (Phi) is 6.28. The van der Waals surface area contributed by atoms with Gasteiger partial charge in [-0.1, -0.05) is 0 Å². The van der Waals surface area contributed by atoms with Gasteiger partial charge in [-0.2, -0.15) is 0 Å². The third-order valence-electron chi connectivity index (χ3n) is 4.52.